The maximum atomic E-state index is 10.0. The van der Waals surface area contributed by atoms with Crippen LogP contribution < -0.4 is 6.15 Å². The van der Waals surface area contributed by atoms with Gasteiger partial charge in [-0.2, -0.15) is 0 Å². The van der Waals surface area contributed by atoms with Crippen LogP contribution in [0.2, 0.25) is 0 Å². The topological polar surface area (TPSA) is 164 Å². The van der Waals surface area contributed by atoms with Crippen LogP contribution in [0.5, 0.6) is 0 Å². The van der Waals surface area contributed by atoms with Crippen molar-refractivity contribution >= 4 is 12.0 Å². The van der Waals surface area contributed by atoms with Crippen molar-refractivity contribution in [1.82, 2.24) is 6.15 Å². The highest BCUT2D eigenvalue weighted by Crippen LogP contribution is 1.97. The van der Waals surface area contributed by atoms with Gasteiger partial charge in [0.15, 0.2) is 0 Å². The van der Waals surface area contributed by atoms with Crippen LogP contribution in [-0.4, -0.2) is 22.4 Å². The zero-order chi connectivity index (χ0) is 6.85. The van der Waals surface area contributed by atoms with Crippen LogP contribution in [0.1, 0.15) is 0 Å². The summed E-state index contributed by atoms with van der Waals surface area (Å²) in [6, 6.07) is -0.929. The van der Waals surface area contributed by atoms with Crippen LogP contribution >= 0.6 is 0 Å². The van der Waals surface area contributed by atoms with Crippen LogP contribution in [-0.2, 0) is 0 Å². The van der Waals surface area contributed by atoms with Crippen molar-refractivity contribution in [2.75, 3.05) is 0 Å². The molecule has 0 radical (unpaired) electrons. The standard InChI is InChI=1S/C2N4O3.H3N.H2O/c7-2-3-1(4-5-2)6(8)9;;/h;1H3;1H2. The molecule has 0 aliphatic carbocycles. The van der Waals surface area contributed by atoms with Crippen molar-refractivity contribution in [3.63, 3.8) is 0 Å². The van der Waals surface area contributed by atoms with E-state index in [1.54, 1.807) is 0 Å². The average Bonchev–Trinajstić information content (AvgIpc) is 2.14. The number of azo groups is 1. The number of rotatable bonds is 0. The van der Waals surface area contributed by atoms with Crippen LogP contribution in [0, 0.1) is 10.1 Å². The molecule has 0 unspecified atom stereocenters. The van der Waals surface area contributed by atoms with Gasteiger partial charge in [0.05, 0.1) is 5.11 Å². The Morgan fingerprint density at radius 3 is 2.09 bits per heavy atom. The fraction of sp³-hybridized carbons (Fsp3) is 0. The molecule has 1 heterocycles. The normalized spacial score (nSPS) is 13.1. The lowest BCUT2D eigenvalue weighted by molar-refractivity contribution is -0.351. The average molecular weight is 163 g/mol. The minimum absolute atomic E-state index is 0. The summed E-state index contributed by atoms with van der Waals surface area (Å²) < 4.78 is 0. The molecule has 5 N–H and O–H groups in total. The van der Waals surface area contributed by atoms with Gasteiger partial charge < -0.3 is 21.7 Å². The first-order valence-electron chi connectivity index (χ1n) is 1.89. The second-order valence-corrected chi connectivity index (χ2v) is 1.15. The lowest BCUT2D eigenvalue weighted by Gasteiger charge is -1.82. The number of carbonyl (C=O) groups excluding carboxylic acids is 1. The molecule has 0 saturated carbocycles. The second-order valence-electron chi connectivity index (χ2n) is 1.15. The quantitative estimate of drug-likeness (QED) is 0.377. The third-order valence-electron chi connectivity index (χ3n) is 0.584. The lowest BCUT2D eigenvalue weighted by Crippen LogP contribution is -2.05. The summed E-state index contributed by atoms with van der Waals surface area (Å²) in [5, 5.41) is 15.3. The first kappa shape index (κ1) is 12.0. The third-order valence-corrected chi connectivity index (χ3v) is 0.584. The van der Waals surface area contributed by atoms with Gasteiger partial charge in [-0.15, -0.1) is 0 Å². The molecule has 9 heteroatoms. The van der Waals surface area contributed by atoms with Crippen LogP contribution in [0.15, 0.2) is 15.2 Å². The largest absolute Gasteiger partial charge is 0.496 e. The molecular formula is C2H5N5O4. The third kappa shape index (κ3) is 2.55. The number of nitrogens with zero attached hydrogens (tertiary/aromatic N) is 4. The van der Waals surface area contributed by atoms with Crippen LogP contribution in [0.25, 0.3) is 0 Å². The molecule has 0 aromatic rings. The Balaban J connectivity index is 0. The number of carbonyl (C=O) groups is 1. The molecule has 0 spiro atoms. The fourth-order valence-corrected chi connectivity index (χ4v) is 0.295. The van der Waals surface area contributed by atoms with E-state index in [2.05, 4.69) is 15.2 Å². The predicted molar refractivity (Wildman–Crippen MR) is 33.3 cm³/mol. The van der Waals surface area contributed by atoms with Crippen molar-refractivity contribution in [2.24, 2.45) is 15.2 Å². The molecule has 1 rings (SSSR count). The van der Waals surface area contributed by atoms with Gasteiger partial charge in [0.25, 0.3) is 0 Å². The van der Waals surface area contributed by atoms with E-state index < -0.39 is 16.9 Å². The maximum Gasteiger partial charge on any atom is 0.496 e. The maximum absolute atomic E-state index is 10.0. The number of guanidine groups is 1. The van der Waals surface area contributed by atoms with E-state index in [-0.39, 0.29) is 11.6 Å². The molecule has 0 aromatic heterocycles. The van der Waals surface area contributed by atoms with E-state index in [1.165, 1.54) is 0 Å². The molecule has 0 atom stereocenters. The zero-order valence-electron chi connectivity index (χ0n) is 5.22. The molecule has 11 heavy (non-hydrogen) atoms. The summed E-state index contributed by atoms with van der Waals surface area (Å²) in [6.07, 6.45) is 0. The highest BCUT2D eigenvalue weighted by molar-refractivity contribution is 5.93. The van der Waals surface area contributed by atoms with E-state index in [1.807, 2.05) is 0 Å². The van der Waals surface area contributed by atoms with Crippen molar-refractivity contribution in [3.05, 3.63) is 10.1 Å². The highest BCUT2D eigenvalue weighted by Gasteiger charge is 2.23. The highest BCUT2D eigenvalue weighted by atomic mass is 16.6. The smallest absolute Gasteiger partial charge is 0.412 e. The molecule has 62 valence electrons. The molecule has 1 aliphatic heterocycles. The Morgan fingerprint density at radius 2 is 1.91 bits per heavy atom. The molecule has 0 saturated heterocycles. The fourth-order valence-electron chi connectivity index (χ4n) is 0.295. The van der Waals surface area contributed by atoms with Crippen LogP contribution in [0.4, 0.5) is 4.79 Å². The van der Waals surface area contributed by atoms with Gasteiger partial charge >= 0.3 is 12.0 Å². The minimum Gasteiger partial charge on any atom is -0.412 e. The molecule has 0 aromatic carbocycles. The van der Waals surface area contributed by atoms with Gasteiger partial charge in [-0.05, 0) is 4.92 Å². The number of nitro groups is 1. The van der Waals surface area contributed by atoms with Crippen molar-refractivity contribution < 1.29 is 15.2 Å². The Kier molecular flexibility index (Phi) is 4.51. The Morgan fingerprint density at radius 1 is 1.36 bits per heavy atom. The SMILES string of the molecule is N.O.O=C1N=NC([N+](=O)[O-])=N1. The number of hydrogen-bond donors (Lipinski definition) is 1. The summed E-state index contributed by atoms with van der Waals surface area (Å²) in [7, 11) is 0. The predicted octanol–water partition coefficient (Wildman–Crippen LogP) is -0.458. The van der Waals surface area contributed by atoms with Gasteiger partial charge in [0.1, 0.15) is 0 Å². The van der Waals surface area contributed by atoms with Gasteiger partial charge in [-0.1, -0.05) is 0 Å². The summed E-state index contributed by atoms with van der Waals surface area (Å²) >= 11 is 0. The summed E-state index contributed by atoms with van der Waals surface area (Å²) in [4.78, 5) is 21.7. The van der Waals surface area contributed by atoms with E-state index >= 15 is 0 Å². The Bertz CT molecular complexity index is 231. The summed E-state index contributed by atoms with van der Waals surface area (Å²) in [5.41, 5.74) is 0. The number of urea groups is 1. The van der Waals surface area contributed by atoms with Crippen molar-refractivity contribution in [1.29, 1.82) is 0 Å². The summed E-state index contributed by atoms with van der Waals surface area (Å²) in [6.45, 7) is 0. The second kappa shape index (κ2) is 4.14. The first-order valence-corrected chi connectivity index (χ1v) is 1.89. The molecule has 9 nitrogen and oxygen atoms in total. The molecule has 0 bridgehead atoms. The molecular weight excluding hydrogens is 158 g/mol. The Labute approximate surface area is 59.9 Å². The van der Waals surface area contributed by atoms with E-state index in [0.29, 0.717) is 0 Å². The van der Waals surface area contributed by atoms with Crippen molar-refractivity contribution in [2.45, 2.75) is 0 Å². The minimum atomic E-state index is -0.929. The number of amides is 2. The summed E-state index contributed by atoms with van der Waals surface area (Å²) in [5.74, 6) is -0.750. The zero-order valence-corrected chi connectivity index (χ0v) is 5.22. The number of hydrogen-bond acceptors (Lipinski definition) is 5. The first-order chi connectivity index (χ1) is 4.20. The van der Waals surface area contributed by atoms with Gasteiger partial charge in [-0.25, -0.2) is 4.79 Å². The Hall–Kier alpha value is -1.74. The number of aliphatic imine (C=N–C) groups is 1. The van der Waals surface area contributed by atoms with Gasteiger partial charge in [-0.3, -0.25) is 0 Å². The molecule has 2 amide bonds. The van der Waals surface area contributed by atoms with Gasteiger partial charge in [0.2, 0.25) is 0 Å². The van der Waals surface area contributed by atoms with Crippen LogP contribution in [0.3, 0.4) is 0 Å². The van der Waals surface area contributed by atoms with Crippen molar-refractivity contribution in [3.8, 4) is 0 Å². The lowest BCUT2D eigenvalue weighted by atomic mass is 11.0. The molecule has 1 aliphatic rings. The van der Waals surface area contributed by atoms with Gasteiger partial charge in [0, 0.05) is 10.1 Å². The molecule has 0 fully saturated rings. The van der Waals surface area contributed by atoms with E-state index in [9.17, 15) is 14.9 Å². The van der Waals surface area contributed by atoms with E-state index in [4.69, 9.17) is 0 Å². The monoisotopic (exact) mass is 163 g/mol. The van der Waals surface area contributed by atoms with E-state index in [0.717, 1.165) is 0 Å².